The highest BCUT2D eigenvalue weighted by molar-refractivity contribution is 5.27. The summed E-state index contributed by atoms with van der Waals surface area (Å²) in [4.78, 5) is 2.19. The molecule has 18 heavy (non-hydrogen) atoms. The lowest BCUT2D eigenvalue weighted by Crippen LogP contribution is -2.27. The monoisotopic (exact) mass is 248 g/mol. The van der Waals surface area contributed by atoms with Crippen LogP contribution in [-0.4, -0.2) is 36.2 Å². The van der Waals surface area contributed by atoms with Crippen LogP contribution in [0, 0.1) is 0 Å². The summed E-state index contributed by atoms with van der Waals surface area (Å²) in [6, 6.07) is 8.44. The Labute approximate surface area is 110 Å². The zero-order valence-corrected chi connectivity index (χ0v) is 11.2. The van der Waals surface area contributed by atoms with Crippen LogP contribution < -0.4 is 5.32 Å². The molecule has 100 valence electrons. The Hall–Kier alpha value is -1.16. The summed E-state index contributed by atoms with van der Waals surface area (Å²) in [6.45, 7) is 10.3. The van der Waals surface area contributed by atoms with Crippen LogP contribution >= 0.6 is 0 Å². The molecule has 1 aromatic carbocycles. The van der Waals surface area contributed by atoms with Crippen LogP contribution in [0.1, 0.15) is 18.1 Å². The van der Waals surface area contributed by atoms with Crippen LogP contribution in [-0.2, 0) is 13.1 Å². The standard InChI is InChI=1S/C15H24N2O/c1-3-9-17(10-11-18)13-15-8-6-5-7-14(15)12-16-4-2/h3,5-8,16,18H,1,4,9-13H2,2H3. The molecule has 0 spiro atoms. The maximum absolute atomic E-state index is 9.06. The fourth-order valence-electron chi connectivity index (χ4n) is 1.94. The van der Waals surface area contributed by atoms with E-state index < -0.39 is 0 Å². The smallest absolute Gasteiger partial charge is 0.0558 e. The summed E-state index contributed by atoms with van der Waals surface area (Å²) in [5.74, 6) is 0. The quantitative estimate of drug-likeness (QED) is 0.654. The normalized spacial score (nSPS) is 10.8. The van der Waals surface area contributed by atoms with Crippen LogP contribution in [0.4, 0.5) is 0 Å². The van der Waals surface area contributed by atoms with Gasteiger partial charge in [0.2, 0.25) is 0 Å². The average Bonchev–Trinajstić information content (AvgIpc) is 2.38. The van der Waals surface area contributed by atoms with E-state index in [1.54, 1.807) is 0 Å². The molecule has 0 fully saturated rings. The van der Waals surface area contributed by atoms with Gasteiger partial charge in [0, 0.05) is 26.2 Å². The number of hydrogen-bond acceptors (Lipinski definition) is 3. The van der Waals surface area contributed by atoms with E-state index in [0.717, 1.165) is 26.2 Å². The minimum absolute atomic E-state index is 0.184. The van der Waals surface area contributed by atoms with Crippen LogP contribution in [0.25, 0.3) is 0 Å². The van der Waals surface area contributed by atoms with Gasteiger partial charge in [0.25, 0.3) is 0 Å². The minimum Gasteiger partial charge on any atom is -0.395 e. The van der Waals surface area contributed by atoms with Gasteiger partial charge in [-0.2, -0.15) is 0 Å². The molecule has 1 rings (SSSR count). The van der Waals surface area contributed by atoms with Gasteiger partial charge in [0.15, 0.2) is 0 Å². The van der Waals surface area contributed by atoms with E-state index in [1.165, 1.54) is 11.1 Å². The molecule has 0 radical (unpaired) electrons. The number of benzene rings is 1. The van der Waals surface area contributed by atoms with Crippen molar-refractivity contribution in [2.75, 3.05) is 26.2 Å². The van der Waals surface area contributed by atoms with Gasteiger partial charge in [-0.25, -0.2) is 0 Å². The van der Waals surface area contributed by atoms with Crippen molar-refractivity contribution in [3.8, 4) is 0 Å². The fourth-order valence-corrected chi connectivity index (χ4v) is 1.94. The number of aliphatic hydroxyl groups excluding tert-OH is 1. The van der Waals surface area contributed by atoms with Crippen molar-refractivity contribution in [2.45, 2.75) is 20.0 Å². The molecule has 0 saturated heterocycles. The maximum Gasteiger partial charge on any atom is 0.0558 e. The fraction of sp³-hybridized carbons (Fsp3) is 0.467. The molecule has 0 heterocycles. The Morgan fingerprint density at radius 2 is 2.06 bits per heavy atom. The molecule has 1 aromatic rings. The van der Waals surface area contributed by atoms with Crippen molar-refractivity contribution >= 4 is 0 Å². The molecular formula is C15H24N2O. The molecule has 0 atom stereocenters. The Kier molecular flexibility index (Phi) is 7.34. The summed E-state index contributed by atoms with van der Waals surface area (Å²) in [7, 11) is 0. The second-order valence-electron chi connectivity index (χ2n) is 4.30. The van der Waals surface area contributed by atoms with E-state index >= 15 is 0 Å². The summed E-state index contributed by atoms with van der Waals surface area (Å²) >= 11 is 0. The molecule has 0 unspecified atom stereocenters. The summed E-state index contributed by atoms with van der Waals surface area (Å²) in [6.07, 6.45) is 1.88. The molecule has 0 aromatic heterocycles. The molecule has 0 aliphatic carbocycles. The van der Waals surface area contributed by atoms with Gasteiger partial charge in [0.1, 0.15) is 0 Å². The van der Waals surface area contributed by atoms with E-state index in [1.807, 2.05) is 6.08 Å². The lowest BCUT2D eigenvalue weighted by molar-refractivity contribution is 0.203. The highest BCUT2D eigenvalue weighted by atomic mass is 16.3. The van der Waals surface area contributed by atoms with Gasteiger partial charge in [-0.1, -0.05) is 37.3 Å². The molecular weight excluding hydrogens is 224 g/mol. The highest BCUT2D eigenvalue weighted by Gasteiger charge is 2.07. The highest BCUT2D eigenvalue weighted by Crippen LogP contribution is 2.11. The van der Waals surface area contributed by atoms with Crippen LogP contribution in [0.5, 0.6) is 0 Å². The first-order valence-corrected chi connectivity index (χ1v) is 6.53. The van der Waals surface area contributed by atoms with E-state index in [4.69, 9.17) is 5.11 Å². The van der Waals surface area contributed by atoms with E-state index in [2.05, 4.69) is 48.0 Å². The lowest BCUT2D eigenvalue weighted by Gasteiger charge is -2.21. The zero-order chi connectivity index (χ0) is 13.2. The van der Waals surface area contributed by atoms with Crippen molar-refractivity contribution < 1.29 is 5.11 Å². The predicted octanol–water partition coefficient (Wildman–Crippen LogP) is 1.78. The summed E-state index contributed by atoms with van der Waals surface area (Å²) in [5, 5.41) is 12.4. The second kappa shape index (κ2) is 8.86. The van der Waals surface area contributed by atoms with Crippen molar-refractivity contribution in [3.05, 3.63) is 48.0 Å². The van der Waals surface area contributed by atoms with Gasteiger partial charge < -0.3 is 10.4 Å². The number of nitrogens with one attached hydrogen (secondary N) is 1. The molecule has 0 saturated carbocycles. The summed E-state index contributed by atoms with van der Waals surface area (Å²) < 4.78 is 0. The Balaban J connectivity index is 2.70. The van der Waals surface area contributed by atoms with Gasteiger partial charge in [0.05, 0.1) is 6.61 Å². The maximum atomic E-state index is 9.06. The molecule has 2 N–H and O–H groups in total. The first-order chi connectivity index (χ1) is 8.81. The number of hydrogen-bond donors (Lipinski definition) is 2. The number of aliphatic hydroxyl groups is 1. The minimum atomic E-state index is 0.184. The molecule has 0 amide bonds. The van der Waals surface area contributed by atoms with Gasteiger partial charge in [-0.3, -0.25) is 4.90 Å². The predicted molar refractivity (Wildman–Crippen MR) is 76.4 cm³/mol. The Morgan fingerprint density at radius 1 is 1.33 bits per heavy atom. The van der Waals surface area contributed by atoms with Crippen LogP contribution in [0.15, 0.2) is 36.9 Å². The zero-order valence-electron chi connectivity index (χ0n) is 11.2. The third kappa shape index (κ3) is 5.00. The molecule has 3 nitrogen and oxygen atoms in total. The largest absolute Gasteiger partial charge is 0.395 e. The number of nitrogens with zero attached hydrogens (tertiary/aromatic N) is 1. The van der Waals surface area contributed by atoms with Gasteiger partial charge >= 0.3 is 0 Å². The van der Waals surface area contributed by atoms with Gasteiger partial charge in [-0.15, -0.1) is 6.58 Å². The van der Waals surface area contributed by atoms with Crippen LogP contribution in [0.2, 0.25) is 0 Å². The Morgan fingerprint density at radius 3 is 2.67 bits per heavy atom. The SMILES string of the molecule is C=CCN(CCO)Cc1ccccc1CNCC. The molecule has 0 aliphatic heterocycles. The number of rotatable bonds is 9. The topological polar surface area (TPSA) is 35.5 Å². The lowest BCUT2D eigenvalue weighted by atomic mass is 10.1. The first kappa shape index (κ1) is 14.9. The van der Waals surface area contributed by atoms with E-state index in [9.17, 15) is 0 Å². The van der Waals surface area contributed by atoms with Crippen LogP contribution in [0.3, 0.4) is 0 Å². The van der Waals surface area contributed by atoms with Gasteiger partial charge in [-0.05, 0) is 17.7 Å². The van der Waals surface area contributed by atoms with Crippen molar-refractivity contribution in [1.82, 2.24) is 10.2 Å². The average molecular weight is 248 g/mol. The first-order valence-electron chi connectivity index (χ1n) is 6.53. The van der Waals surface area contributed by atoms with Crippen molar-refractivity contribution in [2.24, 2.45) is 0 Å². The molecule has 0 aliphatic rings. The third-order valence-corrected chi connectivity index (χ3v) is 2.88. The molecule has 3 heteroatoms. The van der Waals surface area contributed by atoms with E-state index in [0.29, 0.717) is 6.54 Å². The summed E-state index contributed by atoms with van der Waals surface area (Å²) in [5.41, 5.74) is 2.64. The van der Waals surface area contributed by atoms with E-state index in [-0.39, 0.29) is 6.61 Å². The second-order valence-corrected chi connectivity index (χ2v) is 4.30. The Bertz CT molecular complexity index is 352. The van der Waals surface area contributed by atoms with Crippen molar-refractivity contribution in [1.29, 1.82) is 0 Å². The molecule has 0 bridgehead atoms. The van der Waals surface area contributed by atoms with Crippen molar-refractivity contribution in [3.63, 3.8) is 0 Å². The third-order valence-electron chi connectivity index (χ3n) is 2.88.